The van der Waals surface area contributed by atoms with Crippen LogP contribution in [0.15, 0.2) is 18.2 Å². The maximum Gasteiger partial charge on any atom is 0.292 e. The summed E-state index contributed by atoms with van der Waals surface area (Å²) in [6.07, 6.45) is 4.28. The van der Waals surface area contributed by atoms with E-state index in [9.17, 15) is 10.1 Å². The Bertz CT molecular complexity index is 505. The molecule has 0 radical (unpaired) electrons. The van der Waals surface area contributed by atoms with Gasteiger partial charge in [-0.25, -0.2) is 0 Å². The molecule has 2 aliphatic rings. The zero-order valence-electron chi connectivity index (χ0n) is 10.7. The van der Waals surface area contributed by atoms with Crippen LogP contribution in [-0.2, 0) is 0 Å². The summed E-state index contributed by atoms with van der Waals surface area (Å²) in [5, 5.41) is 10.8. The molecule has 102 valence electrons. The normalized spacial score (nSPS) is 29.5. The van der Waals surface area contributed by atoms with Crippen LogP contribution in [0.2, 0.25) is 0 Å². The van der Waals surface area contributed by atoms with Gasteiger partial charge in [0.2, 0.25) is 0 Å². The topological polar surface area (TPSA) is 98.4 Å². The molecule has 2 heterocycles. The first-order valence-electron chi connectivity index (χ1n) is 6.64. The first kappa shape index (κ1) is 12.2. The molecule has 6 nitrogen and oxygen atoms in total. The quantitative estimate of drug-likeness (QED) is 0.479. The number of nitrogen functional groups attached to an aromatic ring is 1. The molecule has 2 saturated heterocycles. The van der Waals surface area contributed by atoms with Crippen molar-refractivity contribution in [3.05, 3.63) is 28.3 Å². The molecule has 0 spiro atoms. The van der Waals surface area contributed by atoms with Gasteiger partial charge < -0.3 is 16.4 Å². The van der Waals surface area contributed by atoms with Crippen LogP contribution in [0.5, 0.6) is 0 Å². The zero-order chi connectivity index (χ0) is 13.6. The standard InChI is InChI=1S/C13H18N4O2/c14-8-5-9-1-2-10(6-8)16(9)11-3-4-13(17(18)19)12(15)7-11/h3-4,7-10H,1-2,5-6,14-15H2. The number of piperidine rings is 1. The minimum atomic E-state index is -0.445. The average Bonchev–Trinajstić information content (AvgIpc) is 2.61. The molecule has 2 fully saturated rings. The first-order chi connectivity index (χ1) is 9.06. The van der Waals surface area contributed by atoms with Gasteiger partial charge in [0.25, 0.3) is 5.69 Å². The molecular weight excluding hydrogens is 244 g/mol. The van der Waals surface area contributed by atoms with Crippen molar-refractivity contribution in [2.75, 3.05) is 10.6 Å². The number of hydrogen-bond donors (Lipinski definition) is 2. The number of nitro benzene ring substituents is 1. The fourth-order valence-corrected chi connectivity index (χ4v) is 3.51. The number of benzene rings is 1. The van der Waals surface area contributed by atoms with Crippen LogP contribution in [0, 0.1) is 10.1 Å². The molecule has 1 aromatic rings. The molecule has 0 amide bonds. The van der Waals surface area contributed by atoms with Gasteiger partial charge in [0, 0.05) is 29.9 Å². The van der Waals surface area contributed by atoms with E-state index in [0.29, 0.717) is 12.1 Å². The third kappa shape index (κ3) is 2.02. The van der Waals surface area contributed by atoms with E-state index in [1.165, 1.54) is 6.07 Å². The number of rotatable bonds is 2. The zero-order valence-corrected chi connectivity index (χ0v) is 10.7. The van der Waals surface area contributed by atoms with Gasteiger partial charge in [-0.05, 0) is 37.8 Å². The Labute approximate surface area is 111 Å². The summed E-state index contributed by atoms with van der Waals surface area (Å²) in [4.78, 5) is 12.7. The van der Waals surface area contributed by atoms with Gasteiger partial charge in [0.15, 0.2) is 0 Å². The fraction of sp³-hybridized carbons (Fsp3) is 0.538. The molecule has 0 aromatic heterocycles. The number of nitrogens with zero attached hydrogens (tertiary/aromatic N) is 2. The van der Waals surface area contributed by atoms with Crippen LogP contribution >= 0.6 is 0 Å². The van der Waals surface area contributed by atoms with E-state index in [0.717, 1.165) is 31.4 Å². The lowest BCUT2D eigenvalue weighted by molar-refractivity contribution is -0.383. The fourth-order valence-electron chi connectivity index (χ4n) is 3.51. The summed E-state index contributed by atoms with van der Waals surface area (Å²) in [7, 11) is 0. The second-order valence-electron chi connectivity index (χ2n) is 5.52. The Morgan fingerprint density at radius 2 is 1.89 bits per heavy atom. The number of nitrogens with two attached hydrogens (primary N) is 2. The van der Waals surface area contributed by atoms with Crippen molar-refractivity contribution >= 4 is 17.1 Å². The Morgan fingerprint density at radius 3 is 2.42 bits per heavy atom. The van der Waals surface area contributed by atoms with E-state index in [1.54, 1.807) is 12.1 Å². The maximum atomic E-state index is 10.8. The molecule has 2 unspecified atom stereocenters. The third-order valence-corrected chi connectivity index (χ3v) is 4.28. The minimum Gasteiger partial charge on any atom is -0.393 e. The monoisotopic (exact) mass is 262 g/mol. The summed E-state index contributed by atoms with van der Waals surface area (Å²) in [5.74, 6) is 0. The number of anilines is 2. The van der Waals surface area contributed by atoms with Crippen molar-refractivity contribution in [1.82, 2.24) is 0 Å². The van der Waals surface area contributed by atoms with Crippen molar-refractivity contribution < 1.29 is 4.92 Å². The molecule has 2 aliphatic heterocycles. The third-order valence-electron chi connectivity index (χ3n) is 4.28. The summed E-state index contributed by atoms with van der Waals surface area (Å²) < 4.78 is 0. The van der Waals surface area contributed by atoms with Gasteiger partial charge in [-0.1, -0.05) is 0 Å². The second-order valence-corrected chi connectivity index (χ2v) is 5.52. The van der Waals surface area contributed by atoms with Crippen molar-refractivity contribution in [1.29, 1.82) is 0 Å². The highest BCUT2D eigenvalue weighted by Crippen LogP contribution is 2.40. The number of nitro groups is 1. The van der Waals surface area contributed by atoms with E-state index in [4.69, 9.17) is 11.5 Å². The summed E-state index contributed by atoms with van der Waals surface area (Å²) in [5.41, 5.74) is 13.0. The Balaban J connectivity index is 1.91. The van der Waals surface area contributed by atoms with Crippen molar-refractivity contribution in [3.63, 3.8) is 0 Å². The number of fused-ring (bicyclic) bond motifs is 2. The smallest absolute Gasteiger partial charge is 0.292 e. The van der Waals surface area contributed by atoms with E-state index in [-0.39, 0.29) is 17.4 Å². The molecule has 3 rings (SSSR count). The molecule has 4 N–H and O–H groups in total. The lowest BCUT2D eigenvalue weighted by Gasteiger charge is -2.39. The van der Waals surface area contributed by atoms with Crippen LogP contribution in [0.1, 0.15) is 25.7 Å². The number of hydrogen-bond acceptors (Lipinski definition) is 5. The van der Waals surface area contributed by atoms with Crippen LogP contribution in [-0.4, -0.2) is 23.0 Å². The highest BCUT2D eigenvalue weighted by atomic mass is 16.6. The van der Waals surface area contributed by atoms with Crippen LogP contribution in [0.4, 0.5) is 17.1 Å². The van der Waals surface area contributed by atoms with Gasteiger partial charge in [-0.2, -0.15) is 0 Å². The van der Waals surface area contributed by atoms with E-state index in [2.05, 4.69) is 4.90 Å². The van der Waals surface area contributed by atoms with Crippen molar-refractivity contribution in [2.24, 2.45) is 5.73 Å². The van der Waals surface area contributed by atoms with Crippen LogP contribution < -0.4 is 16.4 Å². The summed E-state index contributed by atoms with van der Waals surface area (Å²) in [6, 6.07) is 6.21. The molecule has 0 aliphatic carbocycles. The lowest BCUT2D eigenvalue weighted by atomic mass is 9.97. The van der Waals surface area contributed by atoms with Crippen molar-refractivity contribution in [2.45, 2.75) is 43.8 Å². The van der Waals surface area contributed by atoms with Gasteiger partial charge in [0.1, 0.15) is 5.69 Å². The molecule has 2 atom stereocenters. The van der Waals surface area contributed by atoms with Gasteiger partial charge in [-0.15, -0.1) is 0 Å². The van der Waals surface area contributed by atoms with Crippen LogP contribution in [0.3, 0.4) is 0 Å². The largest absolute Gasteiger partial charge is 0.393 e. The second kappa shape index (κ2) is 4.38. The molecule has 2 bridgehead atoms. The highest BCUT2D eigenvalue weighted by molar-refractivity contribution is 5.67. The molecule has 1 aromatic carbocycles. The SMILES string of the molecule is Nc1cc(N2C3CCC2CC(N)C3)ccc1[N+](=O)[O-]. The van der Waals surface area contributed by atoms with Gasteiger partial charge in [0.05, 0.1) is 4.92 Å². The average molecular weight is 262 g/mol. The Morgan fingerprint density at radius 1 is 1.26 bits per heavy atom. The predicted molar refractivity (Wildman–Crippen MR) is 74.0 cm³/mol. The summed E-state index contributed by atoms with van der Waals surface area (Å²) >= 11 is 0. The Kier molecular flexibility index (Phi) is 2.82. The minimum absolute atomic E-state index is 0.0233. The maximum absolute atomic E-state index is 10.8. The lowest BCUT2D eigenvalue weighted by Crippen LogP contribution is -2.47. The molecular formula is C13H18N4O2. The molecule has 19 heavy (non-hydrogen) atoms. The van der Waals surface area contributed by atoms with Crippen LogP contribution in [0.25, 0.3) is 0 Å². The van der Waals surface area contributed by atoms with Gasteiger partial charge in [-0.3, -0.25) is 10.1 Å². The van der Waals surface area contributed by atoms with E-state index < -0.39 is 4.92 Å². The summed E-state index contributed by atoms with van der Waals surface area (Å²) in [6.45, 7) is 0. The van der Waals surface area contributed by atoms with E-state index in [1.807, 2.05) is 0 Å². The van der Waals surface area contributed by atoms with Crippen molar-refractivity contribution in [3.8, 4) is 0 Å². The highest BCUT2D eigenvalue weighted by Gasteiger charge is 2.39. The molecule has 6 heteroatoms. The van der Waals surface area contributed by atoms with E-state index >= 15 is 0 Å². The molecule has 0 saturated carbocycles. The first-order valence-corrected chi connectivity index (χ1v) is 6.64. The predicted octanol–water partition coefficient (Wildman–Crippen LogP) is 1.64. The van der Waals surface area contributed by atoms with Gasteiger partial charge >= 0.3 is 0 Å². The Hall–Kier alpha value is -1.82.